The van der Waals surface area contributed by atoms with Crippen molar-refractivity contribution >= 4 is 5.82 Å². The van der Waals surface area contributed by atoms with Crippen LogP contribution in [0.5, 0.6) is 0 Å². The number of aliphatic hydroxyl groups excluding tert-OH is 1. The Morgan fingerprint density at radius 3 is 3.00 bits per heavy atom. The fraction of sp³-hybridized carbons (Fsp3) is 0.538. The smallest absolute Gasteiger partial charge is 0.142 e. The highest BCUT2D eigenvalue weighted by atomic mass is 16.5. The number of pyridine rings is 1. The van der Waals surface area contributed by atoms with Crippen LogP contribution in [0.15, 0.2) is 18.2 Å². The molecule has 1 aliphatic heterocycles. The summed E-state index contributed by atoms with van der Waals surface area (Å²) >= 11 is 0. The molecule has 6 nitrogen and oxygen atoms in total. The highest BCUT2D eigenvalue weighted by Crippen LogP contribution is 2.05. The van der Waals surface area contributed by atoms with Gasteiger partial charge in [0.05, 0.1) is 19.3 Å². The zero-order valence-corrected chi connectivity index (χ0v) is 10.7. The van der Waals surface area contributed by atoms with Crippen LogP contribution in [-0.2, 0) is 4.74 Å². The maximum Gasteiger partial charge on any atom is 0.142 e. The molecule has 1 saturated heterocycles. The van der Waals surface area contributed by atoms with Crippen LogP contribution in [0.3, 0.4) is 0 Å². The minimum absolute atomic E-state index is 0.368. The maximum atomic E-state index is 9.95. The van der Waals surface area contributed by atoms with E-state index in [-0.39, 0.29) is 0 Å². The number of nitrogens with zero attached hydrogens (tertiary/aromatic N) is 3. The van der Waals surface area contributed by atoms with Crippen molar-refractivity contribution in [1.82, 2.24) is 9.88 Å². The molecule has 1 aromatic heterocycles. The number of aliphatic hydroxyl groups is 1. The van der Waals surface area contributed by atoms with E-state index in [9.17, 15) is 5.11 Å². The SMILES string of the molecule is N#Cc1cccc(NCC(O)CN2CCOCC2)n1. The van der Waals surface area contributed by atoms with Gasteiger partial charge in [-0.3, -0.25) is 4.90 Å². The van der Waals surface area contributed by atoms with E-state index >= 15 is 0 Å². The van der Waals surface area contributed by atoms with E-state index in [0.29, 0.717) is 24.6 Å². The Hall–Kier alpha value is -1.68. The molecule has 0 saturated carbocycles. The van der Waals surface area contributed by atoms with Gasteiger partial charge in [-0.2, -0.15) is 5.26 Å². The van der Waals surface area contributed by atoms with Crippen molar-refractivity contribution in [3.63, 3.8) is 0 Å². The molecule has 0 amide bonds. The van der Waals surface area contributed by atoms with Crippen LogP contribution < -0.4 is 5.32 Å². The third-order valence-electron chi connectivity index (χ3n) is 2.96. The average molecular weight is 262 g/mol. The van der Waals surface area contributed by atoms with E-state index in [1.807, 2.05) is 6.07 Å². The van der Waals surface area contributed by atoms with Crippen LogP contribution in [0.2, 0.25) is 0 Å². The van der Waals surface area contributed by atoms with Gasteiger partial charge in [-0.1, -0.05) is 6.07 Å². The van der Waals surface area contributed by atoms with Crippen molar-refractivity contribution in [3.05, 3.63) is 23.9 Å². The summed E-state index contributed by atoms with van der Waals surface area (Å²) in [7, 11) is 0. The summed E-state index contributed by atoms with van der Waals surface area (Å²) in [5, 5.41) is 21.7. The molecular weight excluding hydrogens is 244 g/mol. The van der Waals surface area contributed by atoms with Gasteiger partial charge in [0.1, 0.15) is 17.6 Å². The molecule has 102 valence electrons. The first-order valence-electron chi connectivity index (χ1n) is 6.37. The zero-order valence-electron chi connectivity index (χ0n) is 10.7. The molecule has 1 aromatic rings. The molecule has 1 unspecified atom stereocenters. The molecule has 0 radical (unpaired) electrons. The second-order valence-corrected chi connectivity index (χ2v) is 4.47. The number of morpholine rings is 1. The molecule has 1 aliphatic rings. The number of hydrogen-bond donors (Lipinski definition) is 2. The van der Waals surface area contributed by atoms with Crippen molar-refractivity contribution in [2.75, 3.05) is 44.7 Å². The molecule has 0 bridgehead atoms. The van der Waals surface area contributed by atoms with Gasteiger partial charge >= 0.3 is 0 Å². The second-order valence-electron chi connectivity index (χ2n) is 4.47. The van der Waals surface area contributed by atoms with Gasteiger partial charge in [0.25, 0.3) is 0 Å². The summed E-state index contributed by atoms with van der Waals surface area (Å²) in [5.74, 6) is 0.611. The van der Waals surface area contributed by atoms with Gasteiger partial charge in [-0.25, -0.2) is 4.98 Å². The van der Waals surface area contributed by atoms with Crippen molar-refractivity contribution in [2.24, 2.45) is 0 Å². The number of hydrogen-bond acceptors (Lipinski definition) is 6. The fourth-order valence-corrected chi connectivity index (χ4v) is 1.96. The molecule has 2 heterocycles. The summed E-state index contributed by atoms with van der Waals surface area (Å²) in [6, 6.07) is 7.18. The topological polar surface area (TPSA) is 81.4 Å². The number of ether oxygens (including phenoxy) is 1. The number of rotatable bonds is 5. The van der Waals surface area contributed by atoms with Gasteiger partial charge in [0.15, 0.2) is 0 Å². The minimum atomic E-state index is -0.467. The monoisotopic (exact) mass is 262 g/mol. The molecule has 2 rings (SSSR count). The summed E-state index contributed by atoms with van der Waals surface area (Å²) in [4.78, 5) is 6.27. The third kappa shape index (κ3) is 4.48. The molecule has 1 atom stereocenters. The lowest BCUT2D eigenvalue weighted by molar-refractivity contribution is 0.0171. The molecule has 0 aliphatic carbocycles. The van der Waals surface area contributed by atoms with E-state index in [2.05, 4.69) is 15.2 Å². The largest absolute Gasteiger partial charge is 0.390 e. The Balaban J connectivity index is 1.76. The van der Waals surface area contributed by atoms with Crippen molar-refractivity contribution in [1.29, 1.82) is 5.26 Å². The van der Waals surface area contributed by atoms with Crippen LogP contribution in [0, 0.1) is 11.3 Å². The number of anilines is 1. The van der Waals surface area contributed by atoms with Gasteiger partial charge in [0.2, 0.25) is 0 Å². The molecule has 6 heteroatoms. The predicted molar refractivity (Wildman–Crippen MR) is 70.7 cm³/mol. The number of aromatic nitrogens is 1. The lowest BCUT2D eigenvalue weighted by atomic mass is 10.3. The Kier molecular flexibility index (Phi) is 5.10. The standard InChI is InChI=1S/C13H18N4O2/c14-8-11-2-1-3-13(16-11)15-9-12(18)10-17-4-6-19-7-5-17/h1-3,12,18H,4-7,9-10H2,(H,15,16). The van der Waals surface area contributed by atoms with Gasteiger partial charge < -0.3 is 15.2 Å². The first kappa shape index (κ1) is 13.7. The molecule has 19 heavy (non-hydrogen) atoms. The van der Waals surface area contributed by atoms with Crippen molar-refractivity contribution in [2.45, 2.75) is 6.10 Å². The van der Waals surface area contributed by atoms with Crippen molar-refractivity contribution in [3.8, 4) is 6.07 Å². The minimum Gasteiger partial charge on any atom is -0.390 e. The molecule has 0 aromatic carbocycles. The second kappa shape index (κ2) is 7.04. The van der Waals surface area contributed by atoms with Gasteiger partial charge in [-0.15, -0.1) is 0 Å². The third-order valence-corrected chi connectivity index (χ3v) is 2.96. The highest BCUT2D eigenvalue weighted by Gasteiger charge is 2.14. The quantitative estimate of drug-likeness (QED) is 0.781. The maximum absolute atomic E-state index is 9.95. The van der Waals surface area contributed by atoms with Gasteiger partial charge in [0, 0.05) is 26.2 Å². The summed E-state index contributed by atoms with van der Waals surface area (Å²) in [6.07, 6.45) is -0.467. The van der Waals surface area contributed by atoms with Crippen LogP contribution in [0.25, 0.3) is 0 Å². The number of nitriles is 1. The Morgan fingerprint density at radius 1 is 1.47 bits per heavy atom. The van der Waals surface area contributed by atoms with Crippen LogP contribution >= 0.6 is 0 Å². The van der Waals surface area contributed by atoms with E-state index in [0.717, 1.165) is 26.3 Å². The molecule has 2 N–H and O–H groups in total. The van der Waals surface area contributed by atoms with E-state index < -0.39 is 6.10 Å². The first-order valence-corrected chi connectivity index (χ1v) is 6.37. The summed E-state index contributed by atoms with van der Waals surface area (Å²) < 4.78 is 5.26. The van der Waals surface area contributed by atoms with E-state index in [1.165, 1.54) is 0 Å². The number of β-amino-alcohol motifs (C(OH)–C–C–N with tert-alkyl or cyclic N) is 1. The van der Waals surface area contributed by atoms with Crippen LogP contribution in [-0.4, -0.2) is 60.5 Å². The first-order chi connectivity index (χ1) is 9.28. The molecule has 0 spiro atoms. The summed E-state index contributed by atoms with van der Waals surface area (Å²) in [5.41, 5.74) is 0.368. The predicted octanol–water partition coefficient (Wildman–Crippen LogP) is 0.0583. The highest BCUT2D eigenvalue weighted by molar-refractivity contribution is 5.38. The van der Waals surface area contributed by atoms with E-state index in [4.69, 9.17) is 10.00 Å². The fourth-order valence-electron chi connectivity index (χ4n) is 1.96. The normalized spacial score (nSPS) is 17.7. The summed E-state index contributed by atoms with van der Waals surface area (Å²) in [6.45, 7) is 4.21. The molecule has 1 fully saturated rings. The van der Waals surface area contributed by atoms with Crippen molar-refractivity contribution < 1.29 is 9.84 Å². The Labute approximate surface area is 112 Å². The Morgan fingerprint density at radius 2 is 2.26 bits per heavy atom. The number of nitrogens with one attached hydrogen (secondary N) is 1. The Bertz CT molecular complexity index is 441. The average Bonchev–Trinajstić information content (AvgIpc) is 2.46. The van der Waals surface area contributed by atoms with E-state index in [1.54, 1.807) is 18.2 Å². The van der Waals surface area contributed by atoms with Crippen LogP contribution in [0.1, 0.15) is 5.69 Å². The lowest BCUT2D eigenvalue weighted by Gasteiger charge is -2.28. The lowest BCUT2D eigenvalue weighted by Crippen LogP contribution is -2.42. The van der Waals surface area contributed by atoms with Crippen LogP contribution in [0.4, 0.5) is 5.82 Å². The molecular formula is C13H18N4O2. The zero-order chi connectivity index (χ0) is 13.5. The van der Waals surface area contributed by atoms with Gasteiger partial charge in [-0.05, 0) is 12.1 Å².